The van der Waals surface area contributed by atoms with E-state index in [9.17, 15) is 9.90 Å². The first-order valence-electron chi connectivity index (χ1n) is 10.7. The fourth-order valence-electron chi connectivity index (χ4n) is 3.59. The molecule has 4 N–H and O–H groups in total. The molecule has 32 heavy (non-hydrogen) atoms. The average Bonchev–Trinajstić information content (AvgIpc) is 2.74. The van der Waals surface area contributed by atoms with Crippen LogP contribution in [0.1, 0.15) is 38.3 Å². The summed E-state index contributed by atoms with van der Waals surface area (Å²) in [6.45, 7) is 9.30. The summed E-state index contributed by atoms with van der Waals surface area (Å²) in [6, 6.07) is 5.63. The summed E-state index contributed by atoms with van der Waals surface area (Å²) in [4.78, 5) is 32.1. The molecule has 3 aromatic rings. The second-order valence-corrected chi connectivity index (χ2v) is 8.15. The molecule has 0 bridgehead atoms. The van der Waals surface area contributed by atoms with Crippen LogP contribution in [0.5, 0.6) is 0 Å². The molecule has 168 valence electrons. The van der Waals surface area contributed by atoms with Crippen molar-refractivity contribution in [2.24, 2.45) is 0 Å². The zero-order valence-electron chi connectivity index (χ0n) is 18.7. The average molecular weight is 437 g/mol. The molecule has 1 saturated heterocycles. The summed E-state index contributed by atoms with van der Waals surface area (Å²) in [5.74, 6) is 1.60. The van der Waals surface area contributed by atoms with Crippen molar-refractivity contribution in [1.29, 1.82) is 0 Å². The number of aryl methyl sites for hydroxylation is 1. The number of rotatable bonds is 6. The predicted molar refractivity (Wildman–Crippen MR) is 124 cm³/mol. The van der Waals surface area contributed by atoms with Gasteiger partial charge in [0.2, 0.25) is 11.9 Å². The Hall–Kier alpha value is -3.37. The number of hydrogen-bond acceptors (Lipinski definition) is 9. The molecule has 0 saturated carbocycles. The van der Waals surface area contributed by atoms with Crippen LogP contribution in [0.3, 0.4) is 0 Å². The van der Waals surface area contributed by atoms with E-state index in [1.54, 1.807) is 24.1 Å². The van der Waals surface area contributed by atoms with Crippen molar-refractivity contribution < 1.29 is 9.90 Å². The second kappa shape index (κ2) is 9.01. The number of amides is 1. The van der Waals surface area contributed by atoms with Gasteiger partial charge in [0.15, 0.2) is 5.82 Å². The number of fused-ring (bicyclic) bond motifs is 1. The third kappa shape index (κ3) is 4.61. The minimum Gasteiger partial charge on any atom is -0.387 e. The van der Waals surface area contributed by atoms with Gasteiger partial charge in [-0.3, -0.25) is 4.79 Å². The van der Waals surface area contributed by atoms with Gasteiger partial charge in [-0.1, -0.05) is 0 Å². The molecule has 10 heteroatoms. The number of nitrogens with one attached hydrogen (secondary N) is 3. The van der Waals surface area contributed by atoms with Gasteiger partial charge in [-0.25, -0.2) is 19.9 Å². The molecule has 0 radical (unpaired) electrons. The van der Waals surface area contributed by atoms with Crippen LogP contribution < -0.4 is 20.9 Å². The van der Waals surface area contributed by atoms with E-state index in [1.807, 2.05) is 32.9 Å². The number of aliphatic hydroxyl groups is 1. The molecule has 1 aliphatic rings. The summed E-state index contributed by atoms with van der Waals surface area (Å²) in [5, 5.41) is 20.3. The van der Waals surface area contributed by atoms with Crippen LogP contribution in [-0.2, 0) is 4.79 Å². The third-order valence-corrected chi connectivity index (χ3v) is 5.12. The predicted octanol–water partition coefficient (Wildman–Crippen LogP) is 2.28. The van der Waals surface area contributed by atoms with Crippen LogP contribution in [0.4, 0.5) is 23.3 Å². The number of pyridine rings is 2. The topological polar surface area (TPSA) is 128 Å². The van der Waals surface area contributed by atoms with Crippen molar-refractivity contribution >= 4 is 40.1 Å². The Balaban J connectivity index is 1.63. The third-order valence-electron chi connectivity index (χ3n) is 5.12. The van der Waals surface area contributed by atoms with E-state index in [-0.39, 0.29) is 11.9 Å². The fraction of sp³-hybridized carbons (Fsp3) is 0.409. The second-order valence-electron chi connectivity index (χ2n) is 8.15. The Labute approximate surface area is 186 Å². The Morgan fingerprint density at radius 2 is 2.00 bits per heavy atom. The highest BCUT2D eigenvalue weighted by Crippen LogP contribution is 2.26. The van der Waals surface area contributed by atoms with Crippen LogP contribution in [0, 0.1) is 6.92 Å². The first-order chi connectivity index (χ1) is 15.3. The van der Waals surface area contributed by atoms with Crippen LogP contribution in [0.25, 0.3) is 10.9 Å². The van der Waals surface area contributed by atoms with E-state index in [2.05, 4.69) is 35.9 Å². The molecule has 4 rings (SSSR count). The number of piperazine rings is 1. The Morgan fingerprint density at radius 1 is 1.19 bits per heavy atom. The normalized spacial score (nSPS) is 15.3. The van der Waals surface area contributed by atoms with E-state index in [1.165, 1.54) is 0 Å². The van der Waals surface area contributed by atoms with Crippen molar-refractivity contribution in [3.63, 3.8) is 0 Å². The molecule has 1 unspecified atom stereocenters. The van der Waals surface area contributed by atoms with Gasteiger partial charge in [0.25, 0.3) is 0 Å². The quantitative estimate of drug-likeness (QED) is 0.460. The Bertz CT molecular complexity index is 1150. The van der Waals surface area contributed by atoms with E-state index >= 15 is 0 Å². The zero-order valence-corrected chi connectivity index (χ0v) is 18.7. The van der Waals surface area contributed by atoms with E-state index < -0.39 is 6.10 Å². The van der Waals surface area contributed by atoms with E-state index in [4.69, 9.17) is 0 Å². The smallest absolute Gasteiger partial charge is 0.241 e. The number of anilines is 4. The molecule has 4 heterocycles. The van der Waals surface area contributed by atoms with Crippen molar-refractivity contribution in [2.75, 3.05) is 35.2 Å². The van der Waals surface area contributed by atoms with Gasteiger partial charge in [-0.15, -0.1) is 0 Å². The minimum atomic E-state index is -0.696. The van der Waals surface area contributed by atoms with Crippen LogP contribution in [0.15, 0.2) is 24.4 Å². The molecule has 1 atom stereocenters. The highest BCUT2D eigenvalue weighted by atomic mass is 16.3. The van der Waals surface area contributed by atoms with Gasteiger partial charge >= 0.3 is 0 Å². The Morgan fingerprint density at radius 3 is 2.69 bits per heavy atom. The van der Waals surface area contributed by atoms with Crippen LogP contribution in [-0.4, -0.2) is 56.6 Å². The summed E-state index contributed by atoms with van der Waals surface area (Å²) >= 11 is 0. The molecule has 0 spiro atoms. The highest BCUT2D eigenvalue weighted by Gasteiger charge is 2.21. The molecular weight excluding hydrogens is 408 g/mol. The van der Waals surface area contributed by atoms with Gasteiger partial charge in [0.05, 0.1) is 29.7 Å². The number of carbonyl (C=O) groups is 1. The zero-order chi connectivity index (χ0) is 22.8. The number of carbonyl (C=O) groups excluding carboxylic acids is 1. The van der Waals surface area contributed by atoms with Gasteiger partial charge in [0, 0.05) is 30.7 Å². The van der Waals surface area contributed by atoms with Crippen molar-refractivity contribution in [3.8, 4) is 0 Å². The van der Waals surface area contributed by atoms with Gasteiger partial charge in [0.1, 0.15) is 11.3 Å². The molecule has 1 fully saturated rings. The SMILES string of the molecule is Cc1nc(Nc2ncc3cc(C(C)O)nc(NC(C)C)c3n2)ccc1N1CCNCC1=O. The van der Waals surface area contributed by atoms with Gasteiger partial charge < -0.3 is 26.0 Å². The first-order valence-corrected chi connectivity index (χ1v) is 10.7. The lowest BCUT2D eigenvalue weighted by Gasteiger charge is -2.28. The van der Waals surface area contributed by atoms with Gasteiger partial charge in [-0.2, -0.15) is 0 Å². The molecule has 1 amide bonds. The lowest BCUT2D eigenvalue weighted by Crippen LogP contribution is -2.48. The molecule has 1 aliphatic heterocycles. The Kier molecular flexibility index (Phi) is 6.15. The molecular formula is C22H28N8O2. The van der Waals surface area contributed by atoms with Crippen LogP contribution in [0.2, 0.25) is 0 Å². The summed E-state index contributed by atoms with van der Waals surface area (Å²) in [6.07, 6.45) is 1.00. The number of aromatic nitrogens is 4. The maximum absolute atomic E-state index is 12.2. The summed E-state index contributed by atoms with van der Waals surface area (Å²) < 4.78 is 0. The standard InChI is InChI=1S/C22H28N8O2/c1-12(2)25-21-20-15(9-16(27-21)14(4)31)10-24-22(29-20)28-18-6-5-17(13(3)26-18)30-8-7-23-11-19(30)32/h5-6,9-10,12,14,23,31H,7-8,11H2,1-4H3,(H,25,27)(H,24,26,28,29). The highest BCUT2D eigenvalue weighted by molar-refractivity contribution is 5.96. The maximum Gasteiger partial charge on any atom is 0.241 e. The van der Waals surface area contributed by atoms with Crippen LogP contribution >= 0.6 is 0 Å². The van der Waals surface area contributed by atoms with Crippen molar-refractivity contribution in [2.45, 2.75) is 39.8 Å². The first kappa shape index (κ1) is 21.8. The maximum atomic E-state index is 12.2. The fourth-order valence-corrected chi connectivity index (χ4v) is 3.59. The number of hydrogen-bond donors (Lipinski definition) is 4. The molecule has 0 aliphatic carbocycles. The van der Waals surface area contributed by atoms with E-state index in [0.29, 0.717) is 41.9 Å². The lowest BCUT2D eigenvalue weighted by molar-refractivity contribution is -0.118. The monoisotopic (exact) mass is 436 g/mol. The molecule has 10 nitrogen and oxygen atoms in total. The lowest BCUT2D eigenvalue weighted by atomic mass is 10.2. The molecule has 3 aromatic heterocycles. The number of nitrogens with zero attached hydrogens (tertiary/aromatic N) is 5. The summed E-state index contributed by atoms with van der Waals surface area (Å²) in [5.41, 5.74) is 2.76. The van der Waals surface area contributed by atoms with E-state index in [0.717, 1.165) is 23.3 Å². The largest absolute Gasteiger partial charge is 0.387 e. The van der Waals surface area contributed by atoms with Crippen molar-refractivity contribution in [3.05, 3.63) is 35.8 Å². The minimum absolute atomic E-state index is 0.0361. The summed E-state index contributed by atoms with van der Waals surface area (Å²) in [7, 11) is 0. The van der Waals surface area contributed by atoms with Gasteiger partial charge in [-0.05, 0) is 45.9 Å². The number of aliphatic hydroxyl groups excluding tert-OH is 1. The van der Waals surface area contributed by atoms with Crippen molar-refractivity contribution in [1.82, 2.24) is 25.3 Å². The molecule has 0 aromatic carbocycles.